The molecule has 0 unspecified atom stereocenters. The van der Waals surface area contributed by atoms with Crippen LogP contribution in [-0.2, 0) is 16.6 Å². The topological polar surface area (TPSA) is 127 Å². The van der Waals surface area contributed by atoms with Crippen molar-refractivity contribution in [3.8, 4) is 5.75 Å². The molecule has 0 saturated carbocycles. The van der Waals surface area contributed by atoms with Gasteiger partial charge in [0.1, 0.15) is 18.5 Å². The number of hydrogen-bond acceptors (Lipinski definition) is 6. The number of ether oxygens (including phenoxy) is 2. The molecule has 0 bridgehead atoms. The van der Waals surface area contributed by atoms with Gasteiger partial charge in [0.2, 0.25) is 5.91 Å². The maximum absolute atomic E-state index is 13.5. The van der Waals surface area contributed by atoms with Gasteiger partial charge in [-0.2, -0.15) is 5.10 Å². The number of anilines is 3. The number of carbonyl (C=O) groups is 3. The van der Waals surface area contributed by atoms with E-state index >= 15 is 0 Å². The Hall–Kier alpha value is -4.09. The average molecular weight is 567 g/mol. The summed E-state index contributed by atoms with van der Waals surface area (Å²) >= 11 is 5.98. The van der Waals surface area contributed by atoms with E-state index in [9.17, 15) is 14.4 Å². The summed E-state index contributed by atoms with van der Waals surface area (Å²) < 4.78 is 13.9. The molecule has 3 aromatic rings. The third-order valence-electron chi connectivity index (χ3n) is 7.05. The summed E-state index contributed by atoms with van der Waals surface area (Å²) in [5.41, 5.74) is 2.74. The number of likely N-dealkylation sites (N-methyl/N-ethyl adjacent to an activating group) is 1. The first-order valence-electron chi connectivity index (χ1n) is 13.0. The second-order valence-electron chi connectivity index (χ2n) is 10.0. The molecule has 2 aliphatic heterocycles. The Morgan fingerprint density at radius 2 is 1.85 bits per heavy atom. The van der Waals surface area contributed by atoms with Crippen LogP contribution in [0.15, 0.2) is 48.7 Å². The summed E-state index contributed by atoms with van der Waals surface area (Å²) in [6, 6.07) is 11.0. The fourth-order valence-corrected chi connectivity index (χ4v) is 5.29. The van der Waals surface area contributed by atoms with E-state index in [2.05, 4.69) is 21.0 Å². The van der Waals surface area contributed by atoms with E-state index in [-0.39, 0.29) is 37.0 Å². The summed E-state index contributed by atoms with van der Waals surface area (Å²) in [5, 5.41) is 13.1. The van der Waals surface area contributed by atoms with E-state index in [4.69, 9.17) is 21.1 Å². The molecule has 11 nitrogen and oxygen atoms in total. The SMILES string of the molecule is Cc1nn(C)cc1NC(=O)C[C@@H]1CC[C@@H]2[C@@H](COc3ccc(NC(=O)Nc4cccc(Cl)c4)cc3C(=O)N2C)O1. The molecule has 3 N–H and O–H groups in total. The van der Waals surface area contributed by atoms with Crippen molar-refractivity contribution in [1.82, 2.24) is 14.7 Å². The predicted molar refractivity (Wildman–Crippen MR) is 151 cm³/mol. The number of fused-ring (bicyclic) bond motifs is 2. The zero-order valence-electron chi connectivity index (χ0n) is 22.4. The lowest BCUT2D eigenvalue weighted by Gasteiger charge is -2.42. The molecule has 4 amide bonds. The van der Waals surface area contributed by atoms with Crippen molar-refractivity contribution in [3.63, 3.8) is 0 Å². The van der Waals surface area contributed by atoms with Crippen molar-refractivity contribution in [2.24, 2.45) is 7.05 Å². The number of aromatic nitrogens is 2. The minimum Gasteiger partial charge on any atom is -0.490 e. The first kappa shape index (κ1) is 27.5. The quantitative estimate of drug-likeness (QED) is 0.419. The van der Waals surface area contributed by atoms with Crippen LogP contribution < -0.4 is 20.7 Å². The number of nitrogens with one attached hydrogen (secondary N) is 3. The highest BCUT2D eigenvalue weighted by Gasteiger charge is 2.39. The van der Waals surface area contributed by atoms with Crippen molar-refractivity contribution in [2.75, 3.05) is 29.6 Å². The number of rotatable bonds is 5. The first-order valence-corrected chi connectivity index (χ1v) is 13.4. The number of halogens is 1. The van der Waals surface area contributed by atoms with E-state index in [1.54, 1.807) is 72.3 Å². The van der Waals surface area contributed by atoms with Gasteiger partial charge in [-0.3, -0.25) is 14.3 Å². The lowest BCUT2D eigenvalue weighted by atomic mass is 9.94. The van der Waals surface area contributed by atoms with Crippen LogP contribution >= 0.6 is 11.6 Å². The van der Waals surface area contributed by atoms with Gasteiger partial charge < -0.3 is 30.3 Å². The molecular formula is C28H31ClN6O5. The standard InChI is InChI=1S/C28H31ClN6O5/c1-16-22(14-34(2)33-16)32-26(36)13-20-8-9-23-25(40-20)15-39-24-10-7-19(12-21(24)27(37)35(23)3)31-28(38)30-18-6-4-5-17(29)11-18/h4-7,10-12,14,20,23,25H,8-9,13,15H2,1-3H3,(H,32,36)(H2,30,31,38)/t20-,23+,25+/m0/s1. The Balaban J connectivity index is 1.23. The van der Waals surface area contributed by atoms with E-state index in [0.29, 0.717) is 46.2 Å². The van der Waals surface area contributed by atoms with Crippen molar-refractivity contribution in [1.29, 1.82) is 0 Å². The van der Waals surface area contributed by atoms with E-state index in [1.165, 1.54) is 0 Å². The van der Waals surface area contributed by atoms with Gasteiger partial charge in [0.05, 0.1) is 35.5 Å². The van der Waals surface area contributed by atoms with Crippen LogP contribution in [0.2, 0.25) is 5.02 Å². The highest BCUT2D eigenvalue weighted by molar-refractivity contribution is 6.30. The lowest BCUT2D eigenvalue weighted by Crippen LogP contribution is -2.53. The minimum absolute atomic E-state index is 0.152. The third kappa shape index (κ3) is 6.21. The van der Waals surface area contributed by atoms with Crippen molar-refractivity contribution in [2.45, 2.75) is 44.4 Å². The Bertz CT molecular complexity index is 1440. The molecule has 0 radical (unpaired) electrons. The zero-order valence-corrected chi connectivity index (χ0v) is 23.2. The fraction of sp³-hybridized carbons (Fsp3) is 0.357. The lowest BCUT2D eigenvalue weighted by molar-refractivity contribution is -0.130. The smallest absolute Gasteiger partial charge is 0.323 e. The maximum atomic E-state index is 13.5. The van der Waals surface area contributed by atoms with Gasteiger partial charge in [0.25, 0.3) is 5.91 Å². The molecule has 12 heteroatoms. The fourth-order valence-electron chi connectivity index (χ4n) is 5.10. The second kappa shape index (κ2) is 11.6. The van der Waals surface area contributed by atoms with Crippen LogP contribution in [0.3, 0.4) is 0 Å². The van der Waals surface area contributed by atoms with Crippen LogP contribution in [0.25, 0.3) is 0 Å². The zero-order chi connectivity index (χ0) is 28.4. The van der Waals surface area contributed by atoms with Gasteiger partial charge in [-0.15, -0.1) is 0 Å². The molecule has 2 aliphatic rings. The number of urea groups is 1. The van der Waals surface area contributed by atoms with Crippen LogP contribution in [-0.4, -0.2) is 64.4 Å². The highest BCUT2D eigenvalue weighted by atomic mass is 35.5. The molecule has 210 valence electrons. The van der Waals surface area contributed by atoms with Gasteiger partial charge in [-0.05, 0) is 56.2 Å². The number of amides is 4. The summed E-state index contributed by atoms with van der Waals surface area (Å²) in [6.45, 7) is 2.06. The Kier molecular flexibility index (Phi) is 7.95. The number of benzene rings is 2. The molecule has 0 aliphatic carbocycles. The molecule has 5 rings (SSSR count). The van der Waals surface area contributed by atoms with Gasteiger partial charge in [0, 0.05) is 36.7 Å². The number of aryl methyl sites for hydroxylation is 2. The monoisotopic (exact) mass is 566 g/mol. The van der Waals surface area contributed by atoms with Gasteiger partial charge in [-0.1, -0.05) is 17.7 Å². The Morgan fingerprint density at radius 3 is 2.58 bits per heavy atom. The van der Waals surface area contributed by atoms with Crippen LogP contribution in [0.1, 0.15) is 35.3 Å². The van der Waals surface area contributed by atoms with Crippen LogP contribution in [0.5, 0.6) is 5.75 Å². The summed E-state index contributed by atoms with van der Waals surface area (Å²) in [6.07, 6.45) is 2.55. The first-order chi connectivity index (χ1) is 19.2. The van der Waals surface area contributed by atoms with E-state index < -0.39 is 12.1 Å². The second-order valence-corrected chi connectivity index (χ2v) is 10.5. The van der Waals surface area contributed by atoms with Crippen molar-refractivity contribution in [3.05, 3.63) is 64.9 Å². The molecule has 3 atom stereocenters. The Morgan fingerprint density at radius 1 is 1.07 bits per heavy atom. The molecule has 3 heterocycles. The molecule has 0 spiro atoms. The van der Waals surface area contributed by atoms with Crippen molar-refractivity contribution < 1.29 is 23.9 Å². The Labute approximate surface area is 236 Å². The normalized spacial score (nSPS) is 20.4. The van der Waals surface area contributed by atoms with Gasteiger partial charge >= 0.3 is 6.03 Å². The molecule has 40 heavy (non-hydrogen) atoms. The molecule has 1 aromatic heterocycles. The van der Waals surface area contributed by atoms with Crippen LogP contribution in [0, 0.1) is 6.92 Å². The average Bonchev–Trinajstić information content (AvgIpc) is 3.22. The highest BCUT2D eigenvalue weighted by Crippen LogP contribution is 2.33. The molecule has 2 aromatic carbocycles. The van der Waals surface area contributed by atoms with Crippen molar-refractivity contribution >= 4 is 46.5 Å². The van der Waals surface area contributed by atoms with E-state index in [0.717, 1.165) is 5.69 Å². The van der Waals surface area contributed by atoms with Crippen LogP contribution in [0.4, 0.5) is 21.9 Å². The van der Waals surface area contributed by atoms with Gasteiger partial charge in [-0.25, -0.2) is 4.79 Å². The summed E-state index contributed by atoms with van der Waals surface area (Å²) in [5.74, 6) is 0.00239. The number of carbonyl (C=O) groups excluding carboxylic acids is 3. The number of hydrogen-bond donors (Lipinski definition) is 3. The third-order valence-corrected chi connectivity index (χ3v) is 7.29. The summed E-state index contributed by atoms with van der Waals surface area (Å²) in [7, 11) is 3.54. The maximum Gasteiger partial charge on any atom is 0.323 e. The molecular weight excluding hydrogens is 536 g/mol. The van der Waals surface area contributed by atoms with Gasteiger partial charge in [0.15, 0.2) is 0 Å². The number of nitrogens with zero attached hydrogens (tertiary/aromatic N) is 3. The largest absolute Gasteiger partial charge is 0.490 e. The minimum atomic E-state index is -0.468. The predicted octanol–water partition coefficient (Wildman–Crippen LogP) is 4.44. The van der Waals surface area contributed by atoms with E-state index in [1.807, 2.05) is 6.92 Å². The summed E-state index contributed by atoms with van der Waals surface area (Å²) in [4.78, 5) is 40.3. The molecule has 1 saturated heterocycles. The molecule has 1 fully saturated rings.